The number of benzene rings is 1. The maximum Gasteiger partial charge on any atom is 0.286 e. The number of hydrogen-bond acceptors (Lipinski definition) is 5. The van der Waals surface area contributed by atoms with E-state index in [9.17, 15) is 18.0 Å². The Balaban J connectivity index is 1.81. The normalized spacial score (nSPS) is 11.0. The third-order valence-electron chi connectivity index (χ3n) is 3.26. The van der Waals surface area contributed by atoms with E-state index in [0.717, 1.165) is 0 Å². The highest BCUT2D eigenvalue weighted by Gasteiger charge is 2.12. The summed E-state index contributed by atoms with van der Waals surface area (Å²) in [5.74, 6) is -0.473. The first-order valence-corrected chi connectivity index (χ1v) is 9.02. The Morgan fingerprint density at radius 1 is 1.12 bits per heavy atom. The molecule has 0 aliphatic heterocycles. The first-order valence-electron chi connectivity index (χ1n) is 7.37. The summed E-state index contributed by atoms with van der Waals surface area (Å²) in [6.07, 6.45) is 1.48. The first kappa shape index (κ1) is 17.7. The molecule has 0 unspecified atom stereocenters. The fourth-order valence-corrected chi connectivity index (χ4v) is 2.80. The van der Waals surface area contributed by atoms with E-state index in [-0.39, 0.29) is 41.2 Å². The smallest absolute Gasteiger partial charge is 0.286 e. The molecule has 7 nitrogen and oxygen atoms in total. The molecule has 1 heterocycles. The van der Waals surface area contributed by atoms with Gasteiger partial charge in [0.2, 0.25) is 5.91 Å². The van der Waals surface area contributed by atoms with Gasteiger partial charge in [-0.3, -0.25) is 9.59 Å². The number of hydrogen-bond donors (Lipinski definition) is 2. The van der Waals surface area contributed by atoms with Crippen molar-refractivity contribution >= 4 is 27.3 Å². The topological polar surface area (TPSA) is 105 Å². The van der Waals surface area contributed by atoms with Gasteiger partial charge in [-0.1, -0.05) is 6.92 Å². The molecule has 0 atom stereocenters. The molecule has 1 aromatic heterocycles. The molecule has 0 aliphatic carbocycles. The molecule has 0 saturated heterocycles. The summed E-state index contributed by atoms with van der Waals surface area (Å²) >= 11 is 0. The molecule has 0 radical (unpaired) electrons. The lowest BCUT2D eigenvalue weighted by molar-refractivity contribution is -0.116. The Kier molecular flexibility index (Phi) is 5.75. The molecule has 2 rings (SSSR count). The van der Waals surface area contributed by atoms with Gasteiger partial charge in [0, 0.05) is 18.7 Å². The zero-order chi connectivity index (χ0) is 17.6. The molecular weight excluding hydrogens is 332 g/mol. The van der Waals surface area contributed by atoms with Crippen LogP contribution < -0.4 is 10.6 Å². The van der Waals surface area contributed by atoms with Crippen LogP contribution in [0.2, 0.25) is 0 Å². The minimum Gasteiger partial charge on any atom is -0.459 e. The van der Waals surface area contributed by atoms with Gasteiger partial charge in [-0.05, 0) is 36.4 Å². The molecule has 2 amide bonds. The molecule has 0 aliphatic rings. The van der Waals surface area contributed by atoms with Gasteiger partial charge < -0.3 is 15.1 Å². The molecule has 2 N–H and O–H groups in total. The molecule has 0 spiro atoms. The predicted octanol–water partition coefficient (Wildman–Crippen LogP) is 1.83. The van der Waals surface area contributed by atoms with E-state index in [1.165, 1.54) is 36.6 Å². The summed E-state index contributed by atoms with van der Waals surface area (Å²) in [4.78, 5) is 23.6. The monoisotopic (exact) mass is 350 g/mol. The molecule has 128 valence electrons. The average molecular weight is 350 g/mol. The number of sulfone groups is 1. The van der Waals surface area contributed by atoms with Crippen molar-refractivity contribution in [3.8, 4) is 0 Å². The number of anilines is 1. The second kappa shape index (κ2) is 7.78. The van der Waals surface area contributed by atoms with Gasteiger partial charge >= 0.3 is 0 Å². The summed E-state index contributed by atoms with van der Waals surface area (Å²) in [5, 5.41) is 5.20. The maximum absolute atomic E-state index is 11.8. The second-order valence-electron chi connectivity index (χ2n) is 4.96. The van der Waals surface area contributed by atoms with Gasteiger partial charge in [0.1, 0.15) is 0 Å². The SMILES string of the molecule is CCS(=O)(=O)c1ccc(NC(=O)CCNC(=O)c2ccco2)cc1. The second-order valence-corrected chi connectivity index (χ2v) is 7.24. The van der Waals surface area contributed by atoms with E-state index >= 15 is 0 Å². The third kappa shape index (κ3) is 4.69. The zero-order valence-electron chi connectivity index (χ0n) is 13.1. The van der Waals surface area contributed by atoms with E-state index < -0.39 is 9.84 Å². The first-order chi connectivity index (χ1) is 11.4. The van der Waals surface area contributed by atoms with Crippen molar-refractivity contribution in [1.29, 1.82) is 0 Å². The summed E-state index contributed by atoms with van der Waals surface area (Å²) in [5.41, 5.74) is 0.493. The molecule has 0 saturated carbocycles. The summed E-state index contributed by atoms with van der Waals surface area (Å²) in [7, 11) is -3.26. The summed E-state index contributed by atoms with van der Waals surface area (Å²) in [6.45, 7) is 1.73. The van der Waals surface area contributed by atoms with Crippen LogP contribution in [-0.2, 0) is 14.6 Å². The van der Waals surface area contributed by atoms with Gasteiger partial charge in [0.25, 0.3) is 5.91 Å². The Morgan fingerprint density at radius 3 is 2.42 bits per heavy atom. The van der Waals surface area contributed by atoms with Gasteiger partial charge in [-0.15, -0.1) is 0 Å². The van der Waals surface area contributed by atoms with E-state index in [1.54, 1.807) is 13.0 Å². The van der Waals surface area contributed by atoms with Crippen LogP contribution in [0.25, 0.3) is 0 Å². The Hall–Kier alpha value is -2.61. The fraction of sp³-hybridized carbons (Fsp3) is 0.250. The van der Waals surface area contributed by atoms with Crippen molar-refractivity contribution in [2.75, 3.05) is 17.6 Å². The number of furan rings is 1. The van der Waals surface area contributed by atoms with Gasteiger partial charge in [0.05, 0.1) is 16.9 Å². The van der Waals surface area contributed by atoms with Crippen LogP contribution in [0.3, 0.4) is 0 Å². The van der Waals surface area contributed by atoms with E-state index in [4.69, 9.17) is 4.42 Å². The van der Waals surface area contributed by atoms with Crippen molar-refractivity contribution in [3.05, 3.63) is 48.4 Å². The number of nitrogens with one attached hydrogen (secondary N) is 2. The predicted molar refractivity (Wildman–Crippen MR) is 88.5 cm³/mol. The van der Waals surface area contributed by atoms with Gasteiger partial charge in [-0.2, -0.15) is 0 Å². The van der Waals surface area contributed by atoms with E-state index in [0.29, 0.717) is 5.69 Å². The molecule has 0 fully saturated rings. The van der Waals surface area contributed by atoms with Crippen LogP contribution >= 0.6 is 0 Å². The summed E-state index contributed by atoms with van der Waals surface area (Å²) in [6, 6.07) is 9.09. The number of amides is 2. The standard InChI is InChI=1S/C16H18N2O5S/c1-2-24(21,22)13-7-5-12(6-8-13)18-15(19)9-10-17-16(20)14-4-3-11-23-14/h3-8,11H,2,9-10H2,1H3,(H,17,20)(H,18,19). The van der Waals surface area contributed by atoms with Gasteiger partial charge in [-0.25, -0.2) is 8.42 Å². The lowest BCUT2D eigenvalue weighted by Gasteiger charge is -2.07. The lowest BCUT2D eigenvalue weighted by atomic mass is 10.3. The van der Waals surface area contributed by atoms with Crippen LogP contribution in [-0.4, -0.2) is 32.5 Å². The van der Waals surface area contributed by atoms with Crippen molar-refractivity contribution < 1.29 is 22.4 Å². The quantitative estimate of drug-likeness (QED) is 0.792. The number of carbonyl (C=O) groups excluding carboxylic acids is 2. The Morgan fingerprint density at radius 2 is 1.83 bits per heavy atom. The van der Waals surface area contributed by atoms with Crippen molar-refractivity contribution in [3.63, 3.8) is 0 Å². The number of rotatable bonds is 7. The minimum atomic E-state index is -3.26. The third-order valence-corrected chi connectivity index (χ3v) is 5.01. The molecular formula is C16H18N2O5S. The zero-order valence-corrected chi connectivity index (χ0v) is 13.9. The highest BCUT2D eigenvalue weighted by Crippen LogP contribution is 2.15. The molecule has 2 aromatic rings. The molecule has 8 heteroatoms. The van der Waals surface area contributed by atoms with E-state index in [1.807, 2.05) is 0 Å². The van der Waals surface area contributed by atoms with Crippen LogP contribution in [0.5, 0.6) is 0 Å². The van der Waals surface area contributed by atoms with Crippen molar-refractivity contribution in [1.82, 2.24) is 5.32 Å². The van der Waals surface area contributed by atoms with Crippen LogP contribution in [0.15, 0.2) is 52.0 Å². The summed E-state index contributed by atoms with van der Waals surface area (Å²) < 4.78 is 28.3. The maximum atomic E-state index is 11.8. The Labute approximate surface area is 140 Å². The largest absolute Gasteiger partial charge is 0.459 e. The Bertz CT molecular complexity index is 796. The van der Waals surface area contributed by atoms with E-state index in [2.05, 4.69) is 10.6 Å². The molecule has 24 heavy (non-hydrogen) atoms. The van der Waals surface area contributed by atoms with Crippen LogP contribution in [0.4, 0.5) is 5.69 Å². The average Bonchev–Trinajstić information content (AvgIpc) is 3.10. The van der Waals surface area contributed by atoms with Crippen LogP contribution in [0, 0.1) is 0 Å². The van der Waals surface area contributed by atoms with Crippen LogP contribution in [0.1, 0.15) is 23.9 Å². The minimum absolute atomic E-state index is 0.0219. The molecule has 0 bridgehead atoms. The fourth-order valence-electron chi connectivity index (χ4n) is 1.92. The van der Waals surface area contributed by atoms with Gasteiger partial charge in [0.15, 0.2) is 15.6 Å². The highest BCUT2D eigenvalue weighted by atomic mass is 32.2. The molecule has 1 aromatic carbocycles. The number of carbonyl (C=O) groups is 2. The highest BCUT2D eigenvalue weighted by molar-refractivity contribution is 7.91. The van der Waals surface area contributed by atoms with Crippen molar-refractivity contribution in [2.45, 2.75) is 18.2 Å². The lowest BCUT2D eigenvalue weighted by Crippen LogP contribution is -2.27. The van der Waals surface area contributed by atoms with Crippen molar-refractivity contribution in [2.24, 2.45) is 0 Å².